The second-order valence-electron chi connectivity index (χ2n) is 9.70. The quantitative estimate of drug-likeness (QED) is 0.562. The number of fused-ring (bicyclic) bond motifs is 1. The van der Waals surface area contributed by atoms with Crippen molar-refractivity contribution in [3.05, 3.63) is 71.8 Å². The molecular formula is C29H35N3O3. The van der Waals surface area contributed by atoms with Crippen molar-refractivity contribution >= 4 is 22.4 Å². The molecule has 6 heteroatoms. The molecule has 2 aliphatic rings. The summed E-state index contributed by atoms with van der Waals surface area (Å²) >= 11 is 0. The smallest absolute Gasteiger partial charge is 0.253 e. The van der Waals surface area contributed by atoms with E-state index in [1.54, 1.807) is 12.0 Å². The average Bonchev–Trinajstić information content (AvgIpc) is 2.91. The van der Waals surface area contributed by atoms with Crippen molar-refractivity contribution in [1.82, 2.24) is 10.2 Å². The van der Waals surface area contributed by atoms with E-state index in [1.165, 1.54) is 16.3 Å². The summed E-state index contributed by atoms with van der Waals surface area (Å²) in [5.74, 6) is 0.949. The number of carbonyl (C=O) groups is 1. The number of β-amino-alcohol motifs (C(OH)–C–C–N with tert-alkyl or cyclic N) is 1. The van der Waals surface area contributed by atoms with Crippen molar-refractivity contribution in [2.24, 2.45) is 0 Å². The monoisotopic (exact) mass is 473 g/mol. The molecule has 0 aromatic heterocycles. The van der Waals surface area contributed by atoms with Gasteiger partial charge in [-0.15, -0.1) is 0 Å². The molecule has 0 saturated carbocycles. The predicted octanol–water partition coefficient (Wildman–Crippen LogP) is 4.20. The number of anilines is 1. The molecule has 1 amide bonds. The van der Waals surface area contributed by atoms with Gasteiger partial charge in [-0.05, 0) is 66.8 Å². The Morgan fingerprint density at radius 1 is 1.00 bits per heavy atom. The minimum Gasteiger partial charge on any atom is -0.496 e. The van der Waals surface area contributed by atoms with Gasteiger partial charge in [-0.3, -0.25) is 4.79 Å². The van der Waals surface area contributed by atoms with Crippen LogP contribution in [0, 0.1) is 0 Å². The summed E-state index contributed by atoms with van der Waals surface area (Å²) in [6.07, 6.45) is 3.38. The lowest BCUT2D eigenvalue weighted by Crippen LogP contribution is -2.42. The minimum atomic E-state index is -0.399. The van der Waals surface area contributed by atoms with Crippen LogP contribution in [0.25, 0.3) is 10.8 Å². The SMILES string of the molecule is COc1ccc2ccccc2c1CNC1CCN(c2ccc(C(=O)N3CCCC(O)C3)cc2)CC1. The Hall–Kier alpha value is -3.09. The lowest BCUT2D eigenvalue weighted by molar-refractivity contribution is 0.0474. The second kappa shape index (κ2) is 10.7. The number of rotatable bonds is 6. The van der Waals surface area contributed by atoms with Crippen LogP contribution in [0.15, 0.2) is 60.7 Å². The average molecular weight is 474 g/mol. The van der Waals surface area contributed by atoms with E-state index in [0.29, 0.717) is 18.2 Å². The molecule has 184 valence electrons. The Balaban J connectivity index is 1.16. The zero-order chi connectivity index (χ0) is 24.2. The third-order valence-corrected chi connectivity index (χ3v) is 7.44. The number of aliphatic hydroxyl groups is 1. The number of hydrogen-bond donors (Lipinski definition) is 2. The van der Waals surface area contributed by atoms with Crippen molar-refractivity contribution in [1.29, 1.82) is 0 Å². The molecule has 2 fully saturated rings. The van der Waals surface area contributed by atoms with E-state index in [9.17, 15) is 9.90 Å². The molecule has 1 atom stereocenters. The largest absolute Gasteiger partial charge is 0.496 e. The Morgan fingerprint density at radius 2 is 1.77 bits per heavy atom. The van der Waals surface area contributed by atoms with Crippen molar-refractivity contribution in [2.75, 3.05) is 38.2 Å². The fourth-order valence-corrected chi connectivity index (χ4v) is 5.41. The molecule has 2 aliphatic heterocycles. The van der Waals surface area contributed by atoms with Crippen LogP contribution in [0.3, 0.4) is 0 Å². The molecule has 2 heterocycles. The number of amides is 1. The van der Waals surface area contributed by atoms with Gasteiger partial charge in [0, 0.05) is 55.6 Å². The van der Waals surface area contributed by atoms with Crippen LogP contribution in [0.2, 0.25) is 0 Å². The number of carbonyl (C=O) groups excluding carboxylic acids is 1. The third-order valence-electron chi connectivity index (χ3n) is 7.44. The number of nitrogens with one attached hydrogen (secondary N) is 1. The molecule has 35 heavy (non-hydrogen) atoms. The Kier molecular flexibility index (Phi) is 7.21. The molecule has 0 aliphatic carbocycles. The molecule has 5 rings (SSSR count). The minimum absolute atomic E-state index is 0.0158. The van der Waals surface area contributed by atoms with Crippen LogP contribution in [0.5, 0.6) is 5.75 Å². The molecule has 0 radical (unpaired) electrons. The van der Waals surface area contributed by atoms with Crippen LogP contribution in [-0.4, -0.2) is 61.3 Å². The number of piperidine rings is 2. The lowest BCUT2D eigenvalue weighted by atomic mass is 10.0. The number of likely N-dealkylation sites (tertiary alicyclic amines) is 1. The van der Waals surface area contributed by atoms with Gasteiger partial charge in [0.05, 0.1) is 13.2 Å². The van der Waals surface area contributed by atoms with Crippen molar-refractivity contribution < 1.29 is 14.6 Å². The van der Waals surface area contributed by atoms with E-state index < -0.39 is 6.10 Å². The highest BCUT2D eigenvalue weighted by molar-refractivity contribution is 5.94. The van der Waals surface area contributed by atoms with Gasteiger partial charge < -0.3 is 25.0 Å². The first-order valence-corrected chi connectivity index (χ1v) is 12.7. The van der Waals surface area contributed by atoms with Gasteiger partial charge in [-0.2, -0.15) is 0 Å². The van der Waals surface area contributed by atoms with Gasteiger partial charge in [0.25, 0.3) is 5.91 Å². The zero-order valence-electron chi connectivity index (χ0n) is 20.5. The van der Waals surface area contributed by atoms with E-state index in [0.717, 1.165) is 63.3 Å². The van der Waals surface area contributed by atoms with E-state index in [2.05, 4.69) is 58.7 Å². The molecule has 2 N–H and O–H groups in total. The first-order chi connectivity index (χ1) is 17.1. The summed E-state index contributed by atoms with van der Waals surface area (Å²) < 4.78 is 5.65. The fourth-order valence-electron chi connectivity index (χ4n) is 5.41. The summed E-state index contributed by atoms with van der Waals surface area (Å²) in [6.45, 7) is 3.91. The second-order valence-corrected chi connectivity index (χ2v) is 9.70. The topological polar surface area (TPSA) is 65.0 Å². The van der Waals surface area contributed by atoms with Gasteiger partial charge in [-0.25, -0.2) is 0 Å². The number of benzene rings is 3. The first-order valence-electron chi connectivity index (χ1n) is 12.7. The standard InChI is InChI=1S/C29H35N3O3/c1-35-28-13-10-21-5-2-3-7-26(21)27(28)19-30-23-14-17-31(18-15-23)24-11-8-22(9-12-24)29(34)32-16-4-6-25(33)20-32/h2-3,5,7-13,23,25,30,33H,4,6,14-20H2,1H3. The van der Waals surface area contributed by atoms with Crippen LogP contribution in [0.4, 0.5) is 5.69 Å². The molecule has 0 spiro atoms. The van der Waals surface area contributed by atoms with E-state index in [1.807, 2.05) is 12.1 Å². The molecule has 3 aromatic rings. The highest BCUT2D eigenvalue weighted by atomic mass is 16.5. The van der Waals surface area contributed by atoms with Crippen molar-refractivity contribution in [3.63, 3.8) is 0 Å². The van der Waals surface area contributed by atoms with Gasteiger partial charge in [0.15, 0.2) is 0 Å². The van der Waals surface area contributed by atoms with Gasteiger partial charge >= 0.3 is 0 Å². The highest BCUT2D eigenvalue weighted by Crippen LogP contribution is 2.29. The molecule has 3 aromatic carbocycles. The van der Waals surface area contributed by atoms with Crippen molar-refractivity contribution in [3.8, 4) is 5.75 Å². The molecular weight excluding hydrogens is 438 g/mol. The summed E-state index contributed by atoms with van der Waals surface area (Å²) in [4.78, 5) is 16.9. The lowest BCUT2D eigenvalue weighted by Gasteiger charge is -2.34. The van der Waals surface area contributed by atoms with Crippen molar-refractivity contribution in [2.45, 2.75) is 44.4 Å². The summed E-state index contributed by atoms with van der Waals surface area (Å²) in [5, 5.41) is 16.1. The predicted molar refractivity (Wildman–Crippen MR) is 140 cm³/mol. The number of hydrogen-bond acceptors (Lipinski definition) is 5. The normalized spacial score (nSPS) is 19.2. The van der Waals surface area contributed by atoms with Gasteiger partial charge in [0.2, 0.25) is 0 Å². The summed E-state index contributed by atoms with van der Waals surface area (Å²) in [5.41, 5.74) is 3.08. The molecule has 1 unspecified atom stereocenters. The summed E-state index contributed by atoms with van der Waals surface area (Å²) in [6, 6.07) is 21.1. The van der Waals surface area contributed by atoms with E-state index >= 15 is 0 Å². The maximum Gasteiger partial charge on any atom is 0.253 e. The number of ether oxygens (including phenoxy) is 1. The maximum atomic E-state index is 12.8. The van der Waals surface area contributed by atoms with Gasteiger partial charge in [-0.1, -0.05) is 30.3 Å². The molecule has 2 saturated heterocycles. The van der Waals surface area contributed by atoms with Crippen LogP contribution in [-0.2, 0) is 6.54 Å². The number of aliphatic hydroxyl groups excluding tert-OH is 1. The van der Waals surface area contributed by atoms with Crippen LogP contribution in [0.1, 0.15) is 41.6 Å². The Bertz CT molecular complexity index is 1160. The van der Waals surface area contributed by atoms with Gasteiger partial charge in [0.1, 0.15) is 5.75 Å². The zero-order valence-corrected chi connectivity index (χ0v) is 20.5. The van der Waals surface area contributed by atoms with E-state index in [-0.39, 0.29) is 5.91 Å². The highest BCUT2D eigenvalue weighted by Gasteiger charge is 2.24. The molecule has 6 nitrogen and oxygen atoms in total. The summed E-state index contributed by atoms with van der Waals surface area (Å²) in [7, 11) is 1.74. The van der Waals surface area contributed by atoms with E-state index in [4.69, 9.17) is 4.74 Å². The maximum absolute atomic E-state index is 12.8. The Labute approximate surface area is 207 Å². The fraction of sp³-hybridized carbons (Fsp3) is 0.414. The van der Waals surface area contributed by atoms with Crippen LogP contribution < -0.4 is 15.0 Å². The van der Waals surface area contributed by atoms with Crippen LogP contribution >= 0.6 is 0 Å². The Morgan fingerprint density at radius 3 is 2.51 bits per heavy atom. The number of nitrogens with zero attached hydrogens (tertiary/aromatic N) is 2. The number of methoxy groups -OCH3 is 1. The first kappa shape index (κ1) is 23.6. The molecule has 0 bridgehead atoms. The third kappa shape index (κ3) is 5.29.